The molecule has 40 heavy (non-hydrogen) atoms. The molecular weight excluding hydrogens is 534 g/mol. The third-order valence-electron chi connectivity index (χ3n) is 8.30. The van der Waals surface area contributed by atoms with Crippen molar-refractivity contribution in [3.63, 3.8) is 0 Å². The number of aliphatic hydroxyl groups is 1. The van der Waals surface area contributed by atoms with Crippen LogP contribution in [0.3, 0.4) is 0 Å². The third kappa shape index (κ3) is 5.52. The number of H-pyrrole nitrogens is 1. The Labute approximate surface area is 228 Å². The number of aromatic nitrogens is 3. The first-order chi connectivity index (χ1) is 18.8. The molecule has 1 saturated heterocycles. The minimum absolute atomic E-state index is 0.0505. The zero-order valence-electron chi connectivity index (χ0n) is 22.4. The van der Waals surface area contributed by atoms with Crippen LogP contribution in [-0.2, 0) is 4.79 Å². The van der Waals surface area contributed by atoms with Crippen molar-refractivity contribution in [2.45, 2.75) is 94.7 Å². The quantitative estimate of drug-likeness (QED) is 0.452. The van der Waals surface area contributed by atoms with E-state index in [2.05, 4.69) is 20.5 Å². The van der Waals surface area contributed by atoms with Gasteiger partial charge in [-0.15, -0.1) is 0 Å². The number of alkyl halides is 3. The van der Waals surface area contributed by atoms with Gasteiger partial charge in [0.2, 0.25) is 11.8 Å². The summed E-state index contributed by atoms with van der Waals surface area (Å²) in [7, 11) is 0. The predicted octanol–water partition coefficient (Wildman–Crippen LogP) is 4.14. The van der Waals surface area contributed by atoms with Crippen LogP contribution in [0.1, 0.15) is 75.7 Å². The van der Waals surface area contributed by atoms with E-state index in [1.807, 2.05) is 13.8 Å². The molecule has 2 aromatic rings. The number of aromatic amines is 1. The normalized spacial score (nSPS) is 26.1. The number of amides is 2. The summed E-state index contributed by atoms with van der Waals surface area (Å²) >= 11 is 0. The van der Waals surface area contributed by atoms with E-state index in [0.29, 0.717) is 25.1 Å². The summed E-state index contributed by atoms with van der Waals surface area (Å²) in [6.45, 7) is 3.98. The lowest BCUT2D eigenvalue weighted by Crippen LogP contribution is -2.54. The smallest absolute Gasteiger partial charge is 0.417 e. The fourth-order valence-corrected chi connectivity index (χ4v) is 5.83. The van der Waals surface area contributed by atoms with Crippen LogP contribution >= 0.6 is 0 Å². The molecule has 1 atom stereocenters. The topological polar surface area (TPSA) is 120 Å². The van der Waals surface area contributed by atoms with E-state index in [1.54, 1.807) is 4.90 Å². The van der Waals surface area contributed by atoms with E-state index in [1.165, 1.54) is 12.1 Å². The van der Waals surface area contributed by atoms with Crippen LogP contribution in [0.15, 0.2) is 18.3 Å². The van der Waals surface area contributed by atoms with Crippen molar-refractivity contribution in [2.24, 2.45) is 5.92 Å². The zero-order chi connectivity index (χ0) is 28.9. The van der Waals surface area contributed by atoms with Gasteiger partial charge < -0.3 is 20.1 Å². The fraction of sp³-hybridized carbons (Fsp3) is 0.630. The summed E-state index contributed by atoms with van der Waals surface area (Å²) in [4.78, 5) is 32.1. The number of nitrogens with zero attached hydrogens (tertiary/aromatic N) is 3. The molecule has 2 aliphatic carbocycles. The number of pyridine rings is 1. The molecule has 1 aliphatic heterocycles. The average molecular weight is 568 g/mol. The average Bonchev–Trinajstić information content (AvgIpc) is 3.46. The van der Waals surface area contributed by atoms with E-state index in [-0.39, 0.29) is 53.8 Å². The molecule has 9 nitrogen and oxygen atoms in total. The lowest BCUT2D eigenvalue weighted by atomic mass is 9.81. The highest BCUT2D eigenvalue weighted by Gasteiger charge is 2.56. The summed E-state index contributed by atoms with van der Waals surface area (Å²) < 4.78 is 59.3. The van der Waals surface area contributed by atoms with Crippen LogP contribution in [0.25, 0.3) is 11.3 Å². The molecule has 2 amide bonds. The number of nitrogens with one attached hydrogen (secondary N) is 2. The summed E-state index contributed by atoms with van der Waals surface area (Å²) in [6, 6.07) is 2.51. The maximum Gasteiger partial charge on any atom is 0.417 e. The van der Waals surface area contributed by atoms with Crippen molar-refractivity contribution in [1.29, 1.82) is 0 Å². The molecule has 2 saturated carbocycles. The number of carbonyl (C=O) groups is 2. The SMILES string of the molecule is CC(C)Oc1cc(-c2cc(C(=O)N3CC[C@@H](C(=O)NC4CCC(O)(C(F)(F)F)CC4)CC34CC4)n[nH]2)c(F)cn1. The third-order valence-corrected chi connectivity index (χ3v) is 8.30. The summed E-state index contributed by atoms with van der Waals surface area (Å²) in [6.07, 6.45) is -2.25. The molecule has 1 spiro atoms. The number of ether oxygens (including phenoxy) is 1. The van der Waals surface area contributed by atoms with Crippen LogP contribution in [0, 0.1) is 11.7 Å². The second-order valence-corrected chi connectivity index (χ2v) is 11.5. The van der Waals surface area contributed by atoms with Crippen LogP contribution < -0.4 is 10.1 Å². The standard InChI is InChI=1S/C27H33F4N5O4/c1-15(2)40-22-11-18(19(28)14-32-22)20-12-21(35-34-20)24(38)36-10-5-16(13-25(36)8-9-25)23(37)33-17-3-6-26(39,7-4-17)27(29,30)31/h11-12,14-17,39H,3-10,13H2,1-2H3,(H,33,37)(H,34,35)/t16-,17?,26?/m1/s1. The van der Waals surface area contributed by atoms with E-state index < -0.39 is 42.0 Å². The highest BCUT2D eigenvalue weighted by molar-refractivity contribution is 5.94. The van der Waals surface area contributed by atoms with Crippen molar-refractivity contribution in [3.05, 3.63) is 29.8 Å². The largest absolute Gasteiger partial charge is 0.475 e. The highest BCUT2D eigenvalue weighted by Crippen LogP contribution is 2.50. The number of hydrogen-bond acceptors (Lipinski definition) is 6. The molecule has 0 radical (unpaired) electrons. The van der Waals surface area contributed by atoms with Gasteiger partial charge in [0.25, 0.3) is 5.91 Å². The number of halogens is 4. The Hall–Kier alpha value is -3.22. The molecule has 3 N–H and O–H groups in total. The van der Waals surface area contributed by atoms with Crippen molar-refractivity contribution < 1.29 is 37.0 Å². The minimum Gasteiger partial charge on any atom is -0.475 e. The Morgan fingerprint density at radius 2 is 1.88 bits per heavy atom. The van der Waals surface area contributed by atoms with Crippen molar-refractivity contribution >= 4 is 11.8 Å². The van der Waals surface area contributed by atoms with Crippen LogP contribution in [0.5, 0.6) is 5.88 Å². The zero-order valence-corrected chi connectivity index (χ0v) is 22.4. The van der Waals surface area contributed by atoms with Crippen molar-refractivity contribution in [1.82, 2.24) is 25.4 Å². The fourth-order valence-electron chi connectivity index (χ4n) is 5.83. The van der Waals surface area contributed by atoms with Crippen molar-refractivity contribution in [2.75, 3.05) is 6.54 Å². The molecule has 3 heterocycles. The van der Waals surface area contributed by atoms with Crippen LogP contribution in [0.4, 0.5) is 17.6 Å². The molecule has 5 rings (SSSR count). The Morgan fingerprint density at radius 3 is 2.50 bits per heavy atom. The van der Waals surface area contributed by atoms with Gasteiger partial charge in [0.05, 0.1) is 18.0 Å². The van der Waals surface area contributed by atoms with Crippen LogP contribution in [-0.4, -0.2) is 73.0 Å². The molecule has 13 heteroatoms. The number of hydrogen-bond donors (Lipinski definition) is 3. The molecular formula is C27H33F4N5O4. The molecule has 2 aromatic heterocycles. The van der Waals surface area contributed by atoms with Gasteiger partial charge >= 0.3 is 6.18 Å². The Bertz CT molecular complexity index is 1270. The number of rotatable bonds is 6. The second kappa shape index (κ2) is 10.3. The molecule has 3 aliphatic rings. The lowest BCUT2D eigenvalue weighted by Gasteiger charge is -2.41. The maximum atomic E-state index is 14.5. The first-order valence-corrected chi connectivity index (χ1v) is 13.6. The number of likely N-dealkylation sites (tertiary alicyclic amines) is 1. The van der Waals surface area contributed by atoms with Gasteiger partial charge in [-0.25, -0.2) is 9.37 Å². The number of carbonyl (C=O) groups excluding carboxylic acids is 2. The van der Waals surface area contributed by atoms with Gasteiger partial charge in [-0.3, -0.25) is 14.7 Å². The summed E-state index contributed by atoms with van der Waals surface area (Å²) in [5.74, 6) is -1.25. The summed E-state index contributed by atoms with van der Waals surface area (Å²) in [5.41, 5.74) is -2.56. The molecule has 218 valence electrons. The van der Waals surface area contributed by atoms with Gasteiger partial charge in [0, 0.05) is 35.7 Å². The monoisotopic (exact) mass is 567 g/mol. The van der Waals surface area contributed by atoms with E-state index in [9.17, 15) is 32.3 Å². The van der Waals surface area contributed by atoms with E-state index in [4.69, 9.17) is 4.74 Å². The predicted molar refractivity (Wildman–Crippen MR) is 135 cm³/mol. The maximum absolute atomic E-state index is 14.5. The molecule has 0 aromatic carbocycles. The first-order valence-electron chi connectivity index (χ1n) is 13.6. The Balaban J connectivity index is 1.20. The highest BCUT2D eigenvalue weighted by atomic mass is 19.4. The molecule has 0 unspecified atom stereocenters. The van der Waals surface area contributed by atoms with Gasteiger partial charge in [0.15, 0.2) is 17.1 Å². The molecule has 0 bridgehead atoms. The van der Waals surface area contributed by atoms with Gasteiger partial charge in [-0.2, -0.15) is 18.3 Å². The van der Waals surface area contributed by atoms with E-state index >= 15 is 0 Å². The minimum atomic E-state index is -4.69. The molecule has 3 fully saturated rings. The Kier molecular flexibility index (Phi) is 7.30. The van der Waals surface area contributed by atoms with Gasteiger partial charge in [-0.1, -0.05) is 0 Å². The second-order valence-electron chi connectivity index (χ2n) is 11.5. The first kappa shape index (κ1) is 28.3. The van der Waals surface area contributed by atoms with Crippen LogP contribution in [0.2, 0.25) is 0 Å². The van der Waals surface area contributed by atoms with Gasteiger partial charge in [-0.05, 0) is 71.3 Å². The van der Waals surface area contributed by atoms with E-state index in [0.717, 1.165) is 19.0 Å². The lowest BCUT2D eigenvalue weighted by molar-refractivity contribution is -0.270. The van der Waals surface area contributed by atoms with Gasteiger partial charge in [0.1, 0.15) is 0 Å². The van der Waals surface area contributed by atoms with Crippen molar-refractivity contribution in [3.8, 4) is 17.1 Å². The number of piperidine rings is 1. The Morgan fingerprint density at radius 1 is 1.18 bits per heavy atom. The summed E-state index contributed by atoms with van der Waals surface area (Å²) in [5, 5.41) is 19.6.